The smallest absolute Gasteiger partial charge is 0.262 e. The number of rotatable bonds is 2. The summed E-state index contributed by atoms with van der Waals surface area (Å²) in [6.45, 7) is -0.286. The number of hydrogen-bond donors (Lipinski definition) is 0. The molecule has 13 rings (SSSR count). The Kier molecular flexibility index (Phi) is 6.16. The van der Waals surface area contributed by atoms with Crippen molar-refractivity contribution >= 4 is 78.8 Å². The van der Waals surface area contributed by atoms with E-state index >= 15 is 0 Å². The van der Waals surface area contributed by atoms with Gasteiger partial charge in [-0.25, -0.2) is 0 Å². The third-order valence-corrected chi connectivity index (χ3v) is 11.7. The molecule has 0 bridgehead atoms. The van der Waals surface area contributed by atoms with Gasteiger partial charge in [-0.15, -0.1) is 0 Å². The van der Waals surface area contributed by atoms with Crippen LogP contribution >= 0.6 is 0 Å². The Labute approximate surface area is 328 Å². The van der Waals surface area contributed by atoms with Gasteiger partial charge in [-0.2, -0.15) is 0 Å². The number of anilines is 6. The molecule has 0 spiro atoms. The lowest BCUT2D eigenvalue weighted by Gasteiger charge is -2.40. The summed E-state index contributed by atoms with van der Waals surface area (Å²) in [6, 6.07) is 60.8. The highest BCUT2D eigenvalue weighted by molar-refractivity contribution is 7.01. The van der Waals surface area contributed by atoms with E-state index in [1.807, 2.05) is 54.6 Å². The molecule has 0 fully saturated rings. The van der Waals surface area contributed by atoms with Crippen molar-refractivity contribution in [3.63, 3.8) is 0 Å². The monoisotopic (exact) mass is 732 g/mol. The number of para-hydroxylation sites is 6. The van der Waals surface area contributed by atoms with Crippen molar-refractivity contribution in [3.05, 3.63) is 176 Å². The van der Waals surface area contributed by atoms with E-state index in [9.17, 15) is 0 Å². The lowest BCUT2D eigenvalue weighted by Crippen LogP contribution is -2.58. The van der Waals surface area contributed by atoms with Gasteiger partial charge in [-0.05, 0) is 82.4 Å². The molecule has 0 aliphatic carbocycles. The lowest BCUT2D eigenvalue weighted by atomic mass is 9.33. The van der Waals surface area contributed by atoms with E-state index < -0.39 is 0 Å². The summed E-state index contributed by atoms with van der Waals surface area (Å²) in [4.78, 5) is 4.61. The van der Waals surface area contributed by atoms with Crippen LogP contribution in [0.15, 0.2) is 176 Å². The van der Waals surface area contributed by atoms with Crippen molar-refractivity contribution in [2.45, 2.75) is 0 Å². The maximum atomic E-state index is 7.12. The van der Waals surface area contributed by atoms with Crippen molar-refractivity contribution < 1.29 is 18.9 Å². The number of nitrogens with zero attached hydrogens (tertiary/aromatic N) is 2. The van der Waals surface area contributed by atoms with E-state index in [1.165, 1.54) is 0 Å². The van der Waals surface area contributed by atoms with E-state index in [-0.39, 0.29) is 6.71 Å². The molecule has 266 valence electrons. The molecule has 0 radical (unpaired) electrons. The fourth-order valence-electron chi connectivity index (χ4n) is 9.45. The molecule has 6 nitrogen and oxygen atoms in total. The highest BCUT2D eigenvalue weighted by atomic mass is 16.5. The quantitative estimate of drug-likeness (QED) is 0.165. The Morgan fingerprint density at radius 3 is 1.14 bits per heavy atom. The molecule has 0 unspecified atom stereocenters. The van der Waals surface area contributed by atoms with E-state index in [1.54, 1.807) is 0 Å². The fourth-order valence-corrected chi connectivity index (χ4v) is 9.45. The van der Waals surface area contributed by atoms with Gasteiger partial charge in [0.05, 0.1) is 11.4 Å². The molecule has 0 saturated heterocycles. The molecule has 4 heterocycles. The van der Waals surface area contributed by atoms with Crippen LogP contribution in [-0.4, -0.2) is 6.71 Å². The Morgan fingerprint density at radius 2 is 0.667 bits per heavy atom. The average Bonchev–Trinajstić information content (AvgIpc) is 3.28. The normalized spacial score (nSPS) is 13.7. The minimum Gasteiger partial charge on any atom is -0.454 e. The molecule has 4 aliphatic heterocycles. The van der Waals surface area contributed by atoms with Crippen molar-refractivity contribution in [3.8, 4) is 46.0 Å². The van der Waals surface area contributed by atoms with Crippen LogP contribution in [0.1, 0.15) is 0 Å². The number of benzene rings is 9. The minimum absolute atomic E-state index is 0.286. The Balaban J connectivity index is 1.15. The van der Waals surface area contributed by atoms with Crippen LogP contribution in [0.4, 0.5) is 34.1 Å². The molecule has 9 aromatic carbocycles. The van der Waals surface area contributed by atoms with Crippen molar-refractivity contribution in [1.82, 2.24) is 0 Å². The van der Waals surface area contributed by atoms with Crippen molar-refractivity contribution in [1.29, 1.82) is 0 Å². The molecule has 4 aliphatic rings. The Morgan fingerprint density at radius 1 is 0.298 bits per heavy atom. The van der Waals surface area contributed by atoms with Gasteiger partial charge in [0.25, 0.3) is 6.71 Å². The zero-order valence-electron chi connectivity index (χ0n) is 30.3. The van der Waals surface area contributed by atoms with Gasteiger partial charge in [0, 0.05) is 27.6 Å². The van der Waals surface area contributed by atoms with Crippen molar-refractivity contribution in [2.75, 3.05) is 9.80 Å². The largest absolute Gasteiger partial charge is 0.454 e. The second kappa shape index (κ2) is 11.4. The van der Waals surface area contributed by atoms with Gasteiger partial charge >= 0.3 is 0 Å². The van der Waals surface area contributed by atoms with Crippen LogP contribution in [0.3, 0.4) is 0 Å². The minimum atomic E-state index is -0.286. The van der Waals surface area contributed by atoms with Crippen LogP contribution in [0.2, 0.25) is 0 Å². The molecule has 0 atom stereocenters. The maximum absolute atomic E-state index is 7.12. The van der Waals surface area contributed by atoms with Gasteiger partial charge in [-0.3, -0.25) is 0 Å². The summed E-state index contributed by atoms with van der Waals surface area (Å²) in [5.74, 6) is 5.74. The highest BCUT2D eigenvalue weighted by Gasteiger charge is 2.48. The fraction of sp³-hybridized carbons (Fsp3) is 0. The molecule has 0 saturated carbocycles. The summed E-state index contributed by atoms with van der Waals surface area (Å²) in [6.07, 6.45) is 0. The number of fused-ring (bicyclic) bond motifs is 16. The number of hydrogen-bond acceptors (Lipinski definition) is 6. The first kappa shape index (κ1) is 30.7. The van der Waals surface area contributed by atoms with Crippen molar-refractivity contribution in [2.24, 2.45) is 0 Å². The molecule has 0 N–H and O–H groups in total. The van der Waals surface area contributed by atoms with E-state index in [2.05, 4.69) is 131 Å². The molecule has 0 aromatic heterocycles. The first-order valence-electron chi connectivity index (χ1n) is 19.2. The maximum Gasteiger partial charge on any atom is 0.262 e. The zero-order valence-corrected chi connectivity index (χ0v) is 30.3. The SMILES string of the molecule is c1ccc(N2c3ccccc3Oc3c4c(c5ccccc5c32)B2c3c(cccc3Oc3c5c(c6ccccc6c32)N(c2ccccc2)c2ccccc2O5)O4)cc1. The second-order valence-electron chi connectivity index (χ2n) is 14.7. The third-order valence-electron chi connectivity index (χ3n) is 11.7. The topological polar surface area (TPSA) is 43.4 Å². The van der Waals surface area contributed by atoms with E-state index in [0.717, 1.165) is 95.1 Å². The first-order chi connectivity index (χ1) is 28.3. The molecule has 9 aromatic rings. The van der Waals surface area contributed by atoms with E-state index in [0.29, 0.717) is 23.0 Å². The van der Waals surface area contributed by atoms with Crippen LogP contribution in [-0.2, 0) is 0 Å². The van der Waals surface area contributed by atoms with Gasteiger partial charge in [-0.1, -0.05) is 115 Å². The predicted octanol–water partition coefficient (Wildman–Crippen LogP) is 11.9. The first-order valence-corrected chi connectivity index (χ1v) is 19.2. The standard InChI is InChI=1S/C50H29BN2O4/c1-3-16-30(17-4-1)52-36-24-11-13-26-38(36)54-49-45(52)34-22-9-7-20-32(34)42-47(49)56-40-28-15-29-41-44(40)51(42)43-33-21-8-10-23-35(33)46-50(48(43)57-41)55-39-27-14-12-25-37(39)53(46)31-18-5-2-6-19-31/h1-29H. The predicted molar refractivity (Wildman–Crippen MR) is 229 cm³/mol. The Hall–Kier alpha value is -7.64. The van der Waals surface area contributed by atoms with Gasteiger partial charge in [0.1, 0.15) is 22.9 Å². The second-order valence-corrected chi connectivity index (χ2v) is 14.7. The highest BCUT2D eigenvalue weighted by Crippen LogP contribution is 2.60. The summed E-state index contributed by atoms with van der Waals surface area (Å²) in [5.41, 5.74) is 8.93. The van der Waals surface area contributed by atoms with Gasteiger partial charge in [0.2, 0.25) is 0 Å². The molecular weight excluding hydrogens is 703 g/mol. The average molecular weight is 733 g/mol. The summed E-state index contributed by atoms with van der Waals surface area (Å²) in [5, 5.41) is 4.27. The Bertz CT molecular complexity index is 2960. The molecule has 57 heavy (non-hydrogen) atoms. The van der Waals surface area contributed by atoms with Crippen LogP contribution in [0.25, 0.3) is 21.5 Å². The summed E-state index contributed by atoms with van der Waals surface area (Å²) >= 11 is 0. The molecule has 7 heteroatoms. The van der Waals surface area contributed by atoms with Crippen LogP contribution in [0, 0.1) is 0 Å². The number of ether oxygens (including phenoxy) is 4. The third kappa shape index (κ3) is 4.15. The lowest BCUT2D eigenvalue weighted by molar-refractivity contribution is 0.408. The zero-order chi connectivity index (χ0) is 37.2. The van der Waals surface area contributed by atoms with Crippen LogP contribution < -0.4 is 45.1 Å². The van der Waals surface area contributed by atoms with Gasteiger partial charge in [0.15, 0.2) is 34.5 Å². The van der Waals surface area contributed by atoms with Gasteiger partial charge < -0.3 is 28.7 Å². The summed E-state index contributed by atoms with van der Waals surface area (Å²) in [7, 11) is 0. The molecular formula is C50H29BN2O4. The summed E-state index contributed by atoms with van der Waals surface area (Å²) < 4.78 is 28.3. The molecule has 0 amide bonds. The van der Waals surface area contributed by atoms with E-state index in [4.69, 9.17) is 18.9 Å². The van der Waals surface area contributed by atoms with Crippen LogP contribution in [0.5, 0.6) is 46.0 Å².